The average Bonchev–Trinajstić information content (AvgIpc) is 3.35. The zero-order chi connectivity index (χ0) is 54.6. The first-order chi connectivity index (χ1) is 35.0. The molecular weight excluding hydrogens is 969 g/mol. The molecule has 0 aromatic heterocycles. The number of hydrogen-bond acceptors (Lipinski definition) is 15. The van der Waals surface area contributed by atoms with E-state index in [1.165, 1.54) is 72.8 Å². The Bertz CT molecular complexity index is 2580. The van der Waals surface area contributed by atoms with Crippen molar-refractivity contribution in [1.82, 2.24) is 37.2 Å². The van der Waals surface area contributed by atoms with E-state index >= 15 is 0 Å². The van der Waals surface area contributed by atoms with E-state index in [1.807, 2.05) is 0 Å². The first kappa shape index (κ1) is 58.0. The topological polar surface area (TPSA) is 405 Å². The van der Waals surface area contributed by atoms with Crippen molar-refractivity contribution >= 4 is 53.3 Å². The number of aliphatic carboxylic acids is 2. The van der Waals surface area contributed by atoms with Crippen LogP contribution in [-0.4, -0.2) is 150 Å². The van der Waals surface area contributed by atoms with Crippen LogP contribution in [0.3, 0.4) is 0 Å². The molecule has 24 nitrogen and oxygen atoms in total. The molecule has 396 valence electrons. The van der Waals surface area contributed by atoms with Gasteiger partial charge in [-0.25, -0.2) is 4.79 Å². The van der Waals surface area contributed by atoms with Gasteiger partial charge in [0, 0.05) is 25.7 Å². The molecule has 0 spiro atoms. The molecule has 24 heteroatoms. The number of aliphatic hydroxyl groups excluding tert-OH is 2. The van der Waals surface area contributed by atoms with Gasteiger partial charge in [0.1, 0.15) is 59.5 Å². The zero-order valence-electron chi connectivity index (χ0n) is 40.1. The molecule has 0 saturated heterocycles. The monoisotopic (exact) mass is 1030 g/mol. The predicted octanol–water partition coefficient (Wildman–Crippen LogP) is -2.25. The van der Waals surface area contributed by atoms with Crippen LogP contribution in [0, 0.1) is 0 Å². The Morgan fingerprint density at radius 3 is 1.09 bits per heavy atom. The van der Waals surface area contributed by atoms with Crippen LogP contribution >= 0.6 is 0 Å². The molecule has 4 rings (SSSR count). The van der Waals surface area contributed by atoms with Crippen LogP contribution in [0.5, 0.6) is 17.2 Å². The fourth-order valence-electron chi connectivity index (χ4n) is 7.30. The molecule has 0 radical (unpaired) electrons. The van der Waals surface area contributed by atoms with E-state index in [9.17, 15) is 78.9 Å². The lowest BCUT2D eigenvalue weighted by atomic mass is 10.0. The lowest BCUT2D eigenvalue weighted by Gasteiger charge is -2.29. The van der Waals surface area contributed by atoms with Crippen molar-refractivity contribution in [2.45, 2.75) is 100 Å². The van der Waals surface area contributed by atoms with E-state index < -0.39 is 121 Å². The minimum absolute atomic E-state index is 0.0682. The normalized spacial score (nSPS) is 14.6. The highest BCUT2D eigenvalue weighted by atomic mass is 16.4. The molecule has 4 aromatic rings. The van der Waals surface area contributed by atoms with E-state index in [4.69, 9.17) is 5.73 Å². The van der Waals surface area contributed by atoms with E-state index in [-0.39, 0.29) is 42.9 Å². The molecule has 0 fully saturated rings. The van der Waals surface area contributed by atoms with Crippen LogP contribution in [-0.2, 0) is 68.8 Å². The minimum Gasteiger partial charge on any atom is -0.508 e. The van der Waals surface area contributed by atoms with Gasteiger partial charge in [0.05, 0.1) is 25.2 Å². The van der Waals surface area contributed by atoms with Gasteiger partial charge in [0.15, 0.2) is 0 Å². The number of carbonyl (C=O) groups is 9. The number of hydrogen-bond donors (Lipinski definition) is 15. The Kier molecular flexibility index (Phi) is 21.8. The maximum absolute atomic E-state index is 14.2. The average molecular weight is 1030 g/mol. The SMILES string of the molecule is C[C@@H](O)[C@H](NC(=O)[C@H](Cc1ccccc1)NC(=O)[C@@H](NC(=O)[C@H](Cc1ccc(O)cc1)NC(=O)CN)[C@@H](C)O)C(=O)N[C@@H](CC(=O)O)C(=O)N[C@@H](Cc1ccc(O)cc1)C(=O)N[C@@H](Cc1ccc(O)cc1)C(=O)O. The summed E-state index contributed by atoms with van der Waals surface area (Å²) in [7, 11) is 0. The van der Waals surface area contributed by atoms with Crippen LogP contribution in [0.1, 0.15) is 42.5 Å². The number of phenols is 3. The number of nitrogens with one attached hydrogen (secondary N) is 7. The van der Waals surface area contributed by atoms with Crippen molar-refractivity contribution in [3.05, 3.63) is 125 Å². The molecule has 0 saturated carbocycles. The largest absolute Gasteiger partial charge is 0.508 e. The van der Waals surface area contributed by atoms with Crippen molar-refractivity contribution in [3.8, 4) is 17.2 Å². The molecule has 0 aliphatic heterocycles. The van der Waals surface area contributed by atoms with Crippen molar-refractivity contribution in [1.29, 1.82) is 0 Å². The first-order valence-electron chi connectivity index (χ1n) is 23.0. The standard InChI is InChI=1S/C50H60N8O16/c1-26(59)42(57-46(69)35(52-40(64)25-51)21-29-8-14-32(61)15-9-29)48(71)54-37(20-28-6-4-3-5-7-28)47(70)58-43(27(2)60)49(72)55-38(24-41(65)66)45(68)53-36(22-30-10-16-33(62)17-11-30)44(67)56-39(50(73)74)23-31-12-18-34(63)19-13-31/h3-19,26-27,35-39,42-43,59-63H,20-25,51H2,1-2H3,(H,52,64)(H,53,68)(H,54,71)(H,55,72)(H,56,67)(H,57,69)(H,58,70)(H,65,66)(H,73,74)/t26-,27-,35+,36+,37+,38+,39+,42+,43+/m1/s1. The maximum Gasteiger partial charge on any atom is 0.326 e. The smallest absolute Gasteiger partial charge is 0.326 e. The van der Waals surface area contributed by atoms with Gasteiger partial charge in [-0.15, -0.1) is 0 Å². The van der Waals surface area contributed by atoms with Gasteiger partial charge in [-0.05, 0) is 72.5 Å². The van der Waals surface area contributed by atoms with Gasteiger partial charge in [0.25, 0.3) is 0 Å². The molecule has 9 atom stereocenters. The summed E-state index contributed by atoms with van der Waals surface area (Å²) in [6.07, 6.45) is -5.54. The number of nitrogens with two attached hydrogens (primary N) is 1. The molecule has 16 N–H and O–H groups in total. The van der Waals surface area contributed by atoms with Gasteiger partial charge in [0.2, 0.25) is 41.4 Å². The summed E-state index contributed by atoms with van der Waals surface area (Å²) in [5, 5.41) is 87.0. The fraction of sp³-hybridized carbons (Fsp3) is 0.340. The van der Waals surface area contributed by atoms with Crippen molar-refractivity contribution < 1.29 is 78.9 Å². The van der Waals surface area contributed by atoms with Crippen molar-refractivity contribution in [3.63, 3.8) is 0 Å². The third kappa shape index (κ3) is 18.5. The lowest BCUT2D eigenvalue weighted by molar-refractivity contribution is -0.143. The lowest BCUT2D eigenvalue weighted by Crippen LogP contribution is -2.63. The maximum atomic E-state index is 14.2. The number of aliphatic hydroxyl groups is 2. The summed E-state index contributed by atoms with van der Waals surface area (Å²) >= 11 is 0. The van der Waals surface area contributed by atoms with Crippen LogP contribution < -0.4 is 43.0 Å². The van der Waals surface area contributed by atoms with Gasteiger partial charge < -0.3 is 78.7 Å². The summed E-state index contributed by atoms with van der Waals surface area (Å²) in [5.74, 6) is -11.0. The second-order valence-corrected chi connectivity index (χ2v) is 17.3. The van der Waals surface area contributed by atoms with Crippen LogP contribution in [0.25, 0.3) is 0 Å². The van der Waals surface area contributed by atoms with E-state index in [1.54, 1.807) is 30.3 Å². The van der Waals surface area contributed by atoms with Crippen LogP contribution in [0.15, 0.2) is 103 Å². The second kappa shape index (κ2) is 27.8. The van der Waals surface area contributed by atoms with E-state index in [0.717, 1.165) is 13.8 Å². The van der Waals surface area contributed by atoms with Crippen molar-refractivity contribution in [2.75, 3.05) is 6.54 Å². The second-order valence-electron chi connectivity index (χ2n) is 17.3. The van der Waals surface area contributed by atoms with Crippen molar-refractivity contribution in [2.24, 2.45) is 5.73 Å². The summed E-state index contributed by atoms with van der Waals surface area (Å²) < 4.78 is 0. The summed E-state index contributed by atoms with van der Waals surface area (Å²) in [5.41, 5.74) is 7.15. The third-order valence-corrected chi connectivity index (χ3v) is 11.3. The quantitative estimate of drug-likeness (QED) is 0.0300. The number of phenolic OH excluding ortho intramolecular Hbond substituents is 3. The molecule has 0 aliphatic carbocycles. The molecule has 74 heavy (non-hydrogen) atoms. The molecule has 7 amide bonds. The molecule has 4 aromatic carbocycles. The van der Waals surface area contributed by atoms with Gasteiger partial charge in [-0.1, -0.05) is 66.7 Å². The number of rotatable bonds is 27. The Labute approximate surface area is 423 Å². The van der Waals surface area contributed by atoms with Gasteiger partial charge in [-0.2, -0.15) is 0 Å². The predicted molar refractivity (Wildman–Crippen MR) is 261 cm³/mol. The van der Waals surface area contributed by atoms with Crippen LogP contribution in [0.4, 0.5) is 0 Å². The van der Waals surface area contributed by atoms with Gasteiger partial charge in [-0.3, -0.25) is 38.4 Å². The number of benzene rings is 4. The highest BCUT2D eigenvalue weighted by molar-refractivity contribution is 5.98. The highest BCUT2D eigenvalue weighted by Crippen LogP contribution is 2.16. The Morgan fingerprint density at radius 2 is 0.730 bits per heavy atom. The molecule has 0 bridgehead atoms. The summed E-state index contributed by atoms with van der Waals surface area (Å²) in [4.78, 5) is 120. The molecule has 0 heterocycles. The number of carbonyl (C=O) groups excluding carboxylic acids is 7. The molecule has 0 aliphatic rings. The fourth-order valence-corrected chi connectivity index (χ4v) is 7.30. The van der Waals surface area contributed by atoms with Crippen LogP contribution in [0.2, 0.25) is 0 Å². The number of carboxylic acids is 2. The van der Waals surface area contributed by atoms with Gasteiger partial charge >= 0.3 is 11.9 Å². The van der Waals surface area contributed by atoms with E-state index in [2.05, 4.69) is 37.2 Å². The highest BCUT2D eigenvalue weighted by Gasteiger charge is 2.37. The number of aromatic hydroxyl groups is 3. The first-order valence-corrected chi connectivity index (χ1v) is 23.0. The molecule has 0 unspecified atom stereocenters. The zero-order valence-corrected chi connectivity index (χ0v) is 40.1. The molecular formula is C50H60N8O16. The minimum atomic E-state index is -2.01. The Hall–Kier alpha value is -8.61. The summed E-state index contributed by atoms with van der Waals surface area (Å²) in [6.45, 7) is 1.74. The number of amides is 7. The van der Waals surface area contributed by atoms with E-state index in [0.29, 0.717) is 22.3 Å². The third-order valence-electron chi connectivity index (χ3n) is 11.3. The Morgan fingerprint density at radius 1 is 0.419 bits per heavy atom. The summed E-state index contributed by atoms with van der Waals surface area (Å²) in [6, 6.07) is 12.6. The number of carboxylic acid groups (broad SMARTS) is 2. The Balaban J connectivity index is 1.57.